The molecule has 0 radical (unpaired) electrons. The fourth-order valence-electron chi connectivity index (χ4n) is 3.55. The zero-order valence-electron chi connectivity index (χ0n) is 18.6. The molecule has 31 heavy (non-hydrogen) atoms. The molecule has 9 nitrogen and oxygen atoms in total. The minimum atomic E-state index is -3.68. The van der Waals surface area contributed by atoms with Crippen LogP contribution in [0.3, 0.4) is 0 Å². The van der Waals surface area contributed by atoms with Crippen molar-refractivity contribution in [2.24, 2.45) is 7.05 Å². The zero-order chi connectivity index (χ0) is 22.9. The molecular weight excluding hydrogens is 418 g/mol. The molecule has 2 heterocycles. The van der Waals surface area contributed by atoms with Gasteiger partial charge in [-0.15, -0.1) is 5.10 Å². The van der Waals surface area contributed by atoms with Crippen molar-refractivity contribution in [2.75, 3.05) is 26.5 Å². The van der Waals surface area contributed by atoms with Gasteiger partial charge in [-0.1, -0.05) is 12.1 Å². The SMILES string of the molecule is COc1nn(C)c2nc(C)c(CCC(=O)Nc3ccccc3S(=O)(=O)N(C)C)c(C)c12. The Labute approximate surface area is 182 Å². The molecule has 0 atom stereocenters. The summed E-state index contributed by atoms with van der Waals surface area (Å²) in [5.74, 6) is 0.217. The van der Waals surface area contributed by atoms with E-state index >= 15 is 0 Å². The van der Waals surface area contributed by atoms with Gasteiger partial charge in [0.25, 0.3) is 0 Å². The Kier molecular flexibility index (Phi) is 6.33. The fourth-order valence-corrected chi connectivity index (χ4v) is 4.59. The molecule has 0 fully saturated rings. The monoisotopic (exact) mass is 445 g/mol. The van der Waals surface area contributed by atoms with E-state index in [-0.39, 0.29) is 22.9 Å². The molecule has 3 aromatic rings. The topological polar surface area (TPSA) is 106 Å². The van der Waals surface area contributed by atoms with Crippen molar-refractivity contribution >= 4 is 32.7 Å². The predicted octanol–water partition coefficient (Wildman–Crippen LogP) is 2.42. The average Bonchev–Trinajstić information content (AvgIpc) is 3.03. The zero-order valence-corrected chi connectivity index (χ0v) is 19.4. The van der Waals surface area contributed by atoms with Crippen LogP contribution < -0.4 is 10.1 Å². The molecule has 0 aliphatic carbocycles. The van der Waals surface area contributed by atoms with Crippen molar-refractivity contribution in [1.82, 2.24) is 19.1 Å². The summed E-state index contributed by atoms with van der Waals surface area (Å²) in [5, 5.41) is 7.91. The Bertz CT molecular complexity index is 1250. The Hall–Kier alpha value is -2.98. The van der Waals surface area contributed by atoms with Gasteiger partial charge in [-0.3, -0.25) is 4.79 Å². The van der Waals surface area contributed by atoms with Crippen LogP contribution in [0.15, 0.2) is 29.2 Å². The lowest BCUT2D eigenvalue weighted by molar-refractivity contribution is -0.116. The number of pyridine rings is 1. The molecule has 0 spiro atoms. The second-order valence-corrected chi connectivity index (χ2v) is 9.58. The van der Waals surface area contributed by atoms with Crippen molar-refractivity contribution in [3.8, 4) is 5.88 Å². The molecule has 3 rings (SSSR count). The summed E-state index contributed by atoms with van der Waals surface area (Å²) in [4.78, 5) is 17.4. The number of aromatic nitrogens is 3. The van der Waals surface area contributed by atoms with Crippen LogP contribution in [-0.4, -0.2) is 54.6 Å². The number of carbonyl (C=O) groups excluding carboxylic acids is 1. The van der Waals surface area contributed by atoms with Crippen LogP contribution in [0.5, 0.6) is 5.88 Å². The first-order valence-corrected chi connectivity index (χ1v) is 11.2. The Morgan fingerprint density at radius 3 is 2.55 bits per heavy atom. The number of rotatable bonds is 7. The fraction of sp³-hybridized carbons (Fsp3) is 0.381. The maximum Gasteiger partial charge on any atom is 0.244 e. The predicted molar refractivity (Wildman–Crippen MR) is 119 cm³/mol. The Morgan fingerprint density at radius 1 is 1.23 bits per heavy atom. The van der Waals surface area contributed by atoms with Crippen LogP contribution in [0.4, 0.5) is 5.69 Å². The maximum atomic E-state index is 12.7. The summed E-state index contributed by atoms with van der Waals surface area (Å²) in [7, 11) is 2.60. The van der Waals surface area contributed by atoms with E-state index in [1.165, 1.54) is 20.2 Å². The molecule has 0 aliphatic heterocycles. The number of ether oxygens (including phenoxy) is 1. The van der Waals surface area contributed by atoms with Gasteiger partial charge in [0.2, 0.25) is 21.8 Å². The lowest BCUT2D eigenvalue weighted by atomic mass is 10.00. The summed E-state index contributed by atoms with van der Waals surface area (Å²) in [5.41, 5.74) is 3.72. The first kappa shape index (κ1) is 22.7. The summed E-state index contributed by atoms with van der Waals surface area (Å²) in [6.45, 7) is 3.87. The standard InChI is InChI=1S/C21H27N5O4S/c1-13-15(14(2)22-20-19(13)21(30-6)24-26(20)5)11-12-18(27)23-16-9-7-8-10-17(16)31(28,29)25(3)4/h7-10H,11-12H2,1-6H3,(H,23,27). The number of anilines is 1. The number of carbonyl (C=O) groups is 1. The molecular formula is C21H27N5O4S. The van der Waals surface area contributed by atoms with Crippen molar-refractivity contribution < 1.29 is 17.9 Å². The van der Waals surface area contributed by atoms with E-state index in [2.05, 4.69) is 15.4 Å². The van der Waals surface area contributed by atoms with E-state index in [0.29, 0.717) is 12.3 Å². The quantitative estimate of drug-likeness (QED) is 0.599. The molecule has 1 N–H and O–H groups in total. The Balaban J connectivity index is 1.84. The third kappa shape index (κ3) is 4.26. The van der Waals surface area contributed by atoms with Crippen LogP contribution in [0.25, 0.3) is 11.0 Å². The normalized spacial score (nSPS) is 11.8. The summed E-state index contributed by atoms with van der Waals surface area (Å²) < 4.78 is 33.2. The summed E-state index contributed by atoms with van der Waals surface area (Å²) in [6, 6.07) is 6.37. The van der Waals surface area contributed by atoms with Crippen LogP contribution in [0.2, 0.25) is 0 Å². The van der Waals surface area contributed by atoms with Gasteiger partial charge >= 0.3 is 0 Å². The minimum absolute atomic E-state index is 0.0592. The summed E-state index contributed by atoms with van der Waals surface area (Å²) >= 11 is 0. The lowest BCUT2D eigenvalue weighted by Gasteiger charge is -2.16. The molecule has 0 bridgehead atoms. The van der Waals surface area contributed by atoms with Crippen molar-refractivity contribution in [1.29, 1.82) is 0 Å². The van der Waals surface area contributed by atoms with E-state index in [1.54, 1.807) is 30.0 Å². The third-order valence-electron chi connectivity index (χ3n) is 5.24. The highest BCUT2D eigenvalue weighted by atomic mass is 32.2. The van der Waals surface area contributed by atoms with Crippen LogP contribution in [0.1, 0.15) is 23.2 Å². The van der Waals surface area contributed by atoms with Crippen molar-refractivity contribution in [3.05, 3.63) is 41.1 Å². The number of nitrogens with one attached hydrogen (secondary N) is 1. The first-order chi connectivity index (χ1) is 14.6. The highest BCUT2D eigenvalue weighted by Gasteiger charge is 2.22. The molecule has 0 aliphatic rings. The van der Waals surface area contributed by atoms with Gasteiger partial charge in [0.1, 0.15) is 4.90 Å². The number of para-hydroxylation sites is 1. The largest absolute Gasteiger partial charge is 0.479 e. The maximum absolute atomic E-state index is 12.7. The molecule has 1 aromatic carbocycles. The highest BCUT2D eigenvalue weighted by molar-refractivity contribution is 7.89. The minimum Gasteiger partial charge on any atom is -0.479 e. The third-order valence-corrected chi connectivity index (χ3v) is 7.11. The van der Waals surface area contributed by atoms with E-state index in [4.69, 9.17) is 4.74 Å². The molecule has 0 unspecified atom stereocenters. The molecule has 10 heteroatoms. The van der Waals surface area contributed by atoms with E-state index in [0.717, 1.165) is 32.2 Å². The number of aryl methyl sites for hydroxylation is 3. The smallest absolute Gasteiger partial charge is 0.244 e. The van der Waals surface area contributed by atoms with Gasteiger partial charge in [0, 0.05) is 33.3 Å². The van der Waals surface area contributed by atoms with Gasteiger partial charge in [-0.05, 0) is 43.5 Å². The van der Waals surface area contributed by atoms with Crippen LogP contribution in [0, 0.1) is 13.8 Å². The second-order valence-electron chi connectivity index (χ2n) is 7.46. The number of methoxy groups -OCH3 is 1. The number of fused-ring (bicyclic) bond motifs is 1. The number of hydrogen-bond donors (Lipinski definition) is 1. The number of amides is 1. The number of sulfonamides is 1. The summed E-state index contributed by atoms with van der Waals surface area (Å²) in [6.07, 6.45) is 0.626. The van der Waals surface area contributed by atoms with Gasteiger partial charge in [-0.2, -0.15) is 0 Å². The Morgan fingerprint density at radius 2 is 1.90 bits per heavy atom. The number of nitrogens with zero attached hydrogens (tertiary/aromatic N) is 4. The van der Waals surface area contributed by atoms with Crippen molar-refractivity contribution in [3.63, 3.8) is 0 Å². The first-order valence-electron chi connectivity index (χ1n) is 9.76. The molecule has 2 aromatic heterocycles. The van der Waals surface area contributed by atoms with Gasteiger partial charge < -0.3 is 10.1 Å². The highest BCUT2D eigenvalue weighted by Crippen LogP contribution is 2.30. The molecule has 166 valence electrons. The molecule has 0 saturated heterocycles. The average molecular weight is 446 g/mol. The second kappa shape index (κ2) is 8.64. The van der Waals surface area contributed by atoms with Crippen LogP contribution >= 0.6 is 0 Å². The molecule has 1 amide bonds. The molecule has 0 saturated carbocycles. The van der Waals surface area contributed by atoms with E-state index in [9.17, 15) is 13.2 Å². The van der Waals surface area contributed by atoms with Gasteiger partial charge in [0.05, 0.1) is 18.2 Å². The van der Waals surface area contributed by atoms with E-state index in [1.807, 2.05) is 20.9 Å². The van der Waals surface area contributed by atoms with E-state index < -0.39 is 10.0 Å². The van der Waals surface area contributed by atoms with Gasteiger partial charge in [-0.25, -0.2) is 22.4 Å². The number of hydrogen-bond acceptors (Lipinski definition) is 6. The van der Waals surface area contributed by atoms with Crippen molar-refractivity contribution in [2.45, 2.75) is 31.6 Å². The van der Waals surface area contributed by atoms with Crippen LogP contribution in [-0.2, 0) is 28.3 Å². The van der Waals surface area contributed by atoms with Gasteiger partial charge in [0.15, 0.2) is 5.65 Å². The number of benzene rings is 1. The lowest BCUT2D eigenvalue weighted by Crippen LogP contribution is -2.24.